The smallest absolute Gasteiger partial charge is 0.0387 e. The molecule has 0 aromatic heterocycles. The molecule has 0 spiro atoms. The Labute approximate surface area is 76.5 Å². The molecular weight excluding hydrogens is 174 g/mol. The standard InChI is InChI=1S/C8H11NS2/c1-3-5-8-7-10-9(11-8)6-4-2/h3-4,7H,1-2,5-6H2. The molecule has 0 bridgehead atoms. The molecule has 60 valence electrons. The highest BCUT2D eigenvalue weighted by Gasteiger charge is 2.12. The highest BCUT2D eigenvalue weighted by Crippen LogP contribution is 2.39. The van der Waals surface area contributed by atoms with E-state index in [1.165, 1.54) is 4.91 Å². The van der Waals surface area contributed by atoms with E-state index in [9.17, 15) is 0 Å². The van der Waals surface area contributed by atoms with Gasteiger partial charge in [0.05, 0.1) is 0 Å². The number of hydrogen-bond donors (Lipinski definition) is 0. The Hall–Kier alpha value is -0.120. The van der Waals surface area contributed by atoms with Crippen molar-refractivity contribution in [1.82, 2.24) is 3.71 Å². The van der Waals surface area contributed by atoms with Crippen molar-refractivity contribution in [2.45, 2.75) is 6.42 Å². The first-order valence-electron chi connectivity index (χ1n) is 3.40. The molecule has 0 unspecified atom stereocenters. The van der Waals surface area contributed by atoms with Crippen LogP contribution in [-0.4, -0.2) is 10.3 Å². The summed E-state index contributed by atoms with van der Waals surface area (Å²) in [6, 6.07) is 0. The number of rotatable bonds is 4. The van der Waals surface area contributed by atoms with Crippen LogP contribution in [0.1, 0.15) is 6.42 Å². The zero-order valence-corrected chi connectivity index (χ0v) is 7.96. The van der Waals surface area contributed by atoms with Gasteiger partial charge in [0.15, 0.2) is 0 Å². The Balaban J connectivity index is 2.30. The molecule has 0 radical (unpaired) electrons. The van der Waals surface area contributed by atoms with Crippen LogP contribution in [0.5, 0.6) is 0 Å². The molecule has 0 aliphatic carbocycles. The molecule has 0 amide bonds. The first-order valence-corrected chi connectivity index (χ1v) is 5.01. The highest BCUT2D eigenvalue weighted by atomic mass is 32.2. The molecule has 1 nitrogen and oxygen atoms in total. The summed E-state index contributed by atoms with van der Waals surface area (Å²) >= 11 is 3.50. The summed E-state index contributed by atoms with van der Waals surface area (Å²) in [5, 5.41) is 2.16. The normalized spacial score (nSPS) is 18.0. The number of nitrogens with zero attached hydrogens (tertiary/aromatic N) is 1. The third kappa shape index (κ3) is 2.77. The summed E-state index contributed by atoms with van der Waals surface area (Å²) in [5.41, 5.74) is 0. The maximum Gasteiger partial charge on any atom is 0.0387 e. The van der Waals surface area contributed by atoms with Crippen molar-refractivity contribution in [2.24, 2.45) is 0 Å². The van der Waals surface area contributed by atoms with Crippen molar-refractivity contribution >= 4 is 23.9 Å². The second kappa shape index (κ2) is 4.70. The first kappa shape index (κ1) is 8.97. The van der Waals surface area contributed by atoms with E-state index in [0.717, 1.165) is 13.0 Å². The minimum absolute atomic E-state index is 0.923. The molecule has 0 atom stereocenters. The van der Waals surface area contributed by atoms with Crippen molar-refractivity contribution in [2.75, 3.05) is 6.54 Å². The molecule has 1 aliphatic heterocycles. The first-order chi connectivity index (χ1) is 5.36. The summed E-state index contributed by atoms with van der Waals surface area (Å²) in [6.07, 6.45) is 4.81. The zero-order valence-electron chi connectivity index (χ0n) is 6.32. The van der Waals surface area contributed by atoms with Gasteiger partial charge in [0, 0.05) is 11.4 Å². The molecule has 1 aliphatic rings. The Morgan fingerprint density at radius 2 is 2.27 bits per heavy atom. The van der Waals surface area contributed by atoms with Crippen LogP contribution in [0.3, 0.4) is 0 Å². The van der Waals surface area contributed by atoms with E-state index in [-0.39, 0.29) is 0 Å². The Bertz CT molecular complexity index is 187. The molecule has 0 N–H and O–H groups in total. The van der Waals surface area contributed by atoms with E-state index in [1.54, 1.807) is 23.9 Å². The summed E-state index contributed by atoms with van der Waals surface area (Å²) < 4.78 is 2.19. The van der Waals surface area contributed by atoms with Crippen LogP contribution in [0.25, 0.3) is 0 Å². The molecule has 1 rings (SSSR count). The summed E-state index contributed by atoms with van der Waals surface area (Å²) in [4.78, 5) is 1.37. The van der Waals surface area contributed by atoms with Crippen molar-refractivity contribution < 1.29 is 0 Å². The molecule has 3 heteroatoms. The van der Waals surface area contributed by atoms with Gasteiger partial charge in [-0.25, -0.2) is 0 Å². The van der Waals surface area contributed by atoms with E-state index in [4.69, 9.17) is 0 Å². The van der Waals surface area contributed by atoms with Gasteiger partial charge in [-0.2, -0.15) is 3.71 Å². The molecule has 0 fully saturated rings. The fraction of sp³-hybridized carbons (Fsp3) is 0.250. The van der Waals surface area contributed by atoms with Gasteiger partial charge < -0.3 is 0 Å². The van der Waals surface area contributed by atoms with Crippen molar-refractivity contribution in [3.8, 4) is 0 Å². The summed E-state index contributed by atoms with van der Waals surface area (Å²) in [7, 11) is 0. The molecule has 11 heavy (non-hydrogen) atoms. The van der Waals surface area contributed by atoms with Gasteiger partial charge in [-0.1, -0.05) is 12.2 Å². The topological polar surface area (TPSA) is 3.24 Å². The lowest BCUT2D eigenvalue weighted by atomic mass is 10.4. The maximum atomic E-state index is 3.69. The van der Waals surface area contributed by atoms with Gasteiger partial charge in [0.25, 0.3) is 0 Å². The van der Waals surface area contributed by atoms with Crippen LogP contribution >= 0.6 is 23.9 Å². The van der Waals surface area contributed by atoms with E-state index < -0.39 is 0 Å². The SMILES string of the molecule is C=CCC1=CSN(CC=C)S1. The van der Waals surface area contributed by atoms with E-state index >= 15 is 0 Å². The van der Waals surface area contributed by atoms with E-state index in [1.807, 2.05) is 12.2 Å². The van der Waals surface area contributed by atoms with Gasteiger partial charge in [0.1, 0.15) is 0 Å². The molecular formula is C8H11NS2. The monoisotopic (exact) mass is 185 g/mol. The number of allylic oxidation sites excluding steroid dienone is 2. The Morgan fingerprint density at radius 3 is 2.91 bits per heavy atom. The maximum absolute atomic E-state index is 3.69. The predicted molar refractivity (Wildman–Crippen MR) is 55.0 cm³/mol. The van der Waals surface area contributed by atoms with Crippen LogP contribution in [-0.2, 0) is 0 Å². The fourth-order valence-corrected chi connectivity index (χ4v) is 2.75. The van der Waals surface area contributed by atoms with Crippen LogP contribution in [0.15, 0.2) is 35.6 Å². The minimum atomic E-state index is 0.923. The second-order valence-electron chi connectivity index (χ2n) is 2.08. The molecule has 0 aromatic rings. The average Bonchev–Trinajstić information content (AvgIpc) is 2.38. The van der Waals surface area contributed by atoms with Gasteiger partial charge in [0.2, 0.25) is 0 Å². The molecule has 0 saturated heterocycles. The lowest BCUT2D eigenvalue weighted by Crippen LogP contribution is -2.00. The van der Waals surface area contributed by atoms with Crippen LogP contribution in [0.4, 0.5) is 0 Å². The minimum Gasteiger partial charge on any atom is -0.183 e. The highest BCUT2D eigenvalue weighted by molar-refractivity contribution is 8.18. The van der Waals surface area contributed by atoms with Gasteiger partial charge in [-0.3, -0.25) is 0 Å². The van der Waals surface area contributed by atoms with E-state index in [0.29, 0.717) is 0 Å². The van der Waals surface area contributed by atoms with Gasteiger partial charge in [-0.05, 0) is 35.7 Å². The Kier molecular flexibility index (Phi) is 3.83. The van der Waals surface area contributed by atoms with Crippen LogP contribution in [0.2, 0.25) is 0 Å². The lowest BCUT2D eigenvalue weighted by molar-refractivity contribution is 0.856. The quantitative estimate of drug-likeness (QED) is 0.489. The largest absolute Gasteiger partial charge is 0.183 e. The third-order valence-electron chi connectivity index (χ3n) is 1.14. The average molecular weight is 185 g/mol. The molecule has 0 saturated carbocycles. The van der Waals surface area contributed by atoms with Gasteiger partial charge in [-0.15, -0.1) is 13.2 Å². The summed E-state index contributed by atoms with van der Waals surface area (Å²) in [5.74, 6) is 0. The lowest BCUT2D eigenvalue weighted by Gasteiger charge is -2.08. The summed E-state index contributed by atoms with van der Waals surface area (Å²) in [6.45, 7) is 8.30. The van der Waals surface area contributed by atoms with Crippen molar-refractivity contribution in [3.63, 3.8) is 0 Å². The van der Waals surface area contributed by atoms with E-state index in [2.05, 4.69) is 22.3 Å². The predicted octanol–water partition coefficient (Wildman–Crippen LogP) is 3.20. The third-order valence-corrected chi connectivity index (χ3v) is 3.42. The van der Waals surface area contributed by atoms with Crippen LogP contribution < -0.4 is 0 Å². The molecule has 1 heterocycles. The zero-order chi connectivity index (χ0) is 8.10. The fourth-order valence-electron chi connectivity index (χ4n) is 0.705. The van der Waals surface area contributed by atoms with Crippen LogP contribution in [0, 0.1) is 0 Å². The van der Waals surface area contributed by atoms with Crippen molar-refractivity contribution in [1.29, 1.82) is 0 Å². The van der Waals surface area contributed by atoms with Crippen molar-refractivity contribution in [3.05, 3.63) is 35.6 Å². The number of hydrogen-bond acceptors (Lipinski definition) is 3. The Morgan fingerprint density at radius 1 is 1.45 bits per heavy atom. The second-order valence-corrected chi connectivity index (χ2v) is 4.34. The molecule has 0 aromatic carbocycles. The van der Waals surface area contributed by atoms with Gasteiger partial charge >= 0.3 is 0 Å².